The van der Waals surface area contributed by atoms with Gasteiger partial charge in [0.15, 0.2) is 5.78 Å². The second-order valence-corrected chi connectivity index (χ2v) is 7.86. The molecule has 2 aromatic rings. The second-order valence-electron chi connectivity index (χ2n) is 7.45. The Morgan fingerprint density at radius 2 is 2.03 bits per heavy atom. The Kier molecular flexibility index (Phi) is 9.21. The maximum absolute atomic E-state index is 12.9. The smallest absolute Gasteiger partial charge is 0.328 e. The van der Waals surface area contributed by atoms with E-state index in [0.717, 1.165) is 22.7 Å². The van der Waals surface area contributed by atoms with E-state index in [1.807, 2.05) is 12.1 Å². The number of esters is 1. The number of nitrogens with one attached hydrogen (secondary N) is 3. The summed E-state index contributed by atoms with van der Waals surface area (Å²) < 4.78 is 10.6. The van der Waals surface area contributed by atoms with E-state index in [2.05, 4.69) is 10.3 Å². The van der Waals surface area contributed by atoms with Crippen LogP contribution in [0.3, 0.4) is 0 Å². The molecular weight excluding hydrogens is 422 g/mol. The standard InChI is InChI=1S/C22H28ClN3O5/c1-13(2)31-22(29)18(9-4-6-15(27)11-24)26-21(28)19(30-3)10-14-12-25-20-16(14)7-5-8-17(20)23/h5,7-8,11-13,18-19,24-25H,4,6,9-10H2,1-3H3,(H,26,28)/t18-,19-/m0/s1. The van der Waals surface area contributed by atoms with Crippen molar-refractivity contribution in [1.82, 2.24) is 10.3 Å². The van der Waals surface area contributed by atoms with Crippen LogP contribution in [0, 0.1) is 5.41 Å². The Morgan fingerprint density at radius 3 is 2.68 bits per heavy atom. The molecule has 0 saturated heterocycles. The van der Waals surface area contributed by atoms with Gasteiger partial charge in [-0.1, -0.05) is 23.7 Å². The highest BCUT2D eigenvalue weighted by Gasteiger charge is 2.28. The van der Waals surface area contributed by atoms with Crippen molar-refractivity contribution in [3.05, 3.63) is 35.0 Å². The minimum absolute atomic E-state index is 0.120. The normalized spacial score (nSPS) is 13.1. The van der Waals surface area contributed by atoms with E-state index in [-0.39, 0.29) is 31.1 Å². The molecular formula is C22H28ClN3O5. The van der Waals surface area contributed by atoms with Gasteiger partial charge in [0.1, 0.15) is 12.1 Å². The van der Waals surface area contributed by atoms with Crippen molar-refractivity contribution in [2.24, 2.45) is 0 Å². The number of aromatic amines is 1. The van der Waals surface area contributed by atoms with Crippen LogP contribution in [0.5, 0.6) is 0 Å². The first kappa shape index (κ1) is 24.6. The molecule has 0 aliphatic carbocycles. The average Bonchev–Trinajstić information content (AvgIpc) is 3.14. The molecule has 3 N–H and O–H groups in total. The van der Waals surface area contributed by atoms with E-state index >= 15 is 0 Å². The number of Topliss-reactive ketones (excluding diaryl/α,β-unsaturated/α-hetero) is 1. The number of para-hydroxylation sites is 1. The van der Waals surface area contributed by atoms with Gasteiger partial charge in [-0.25, -0.2) is 4.79 Å². The maximum atomic E-state index is 12.9. The minimum Gasteiger partial charge on any atom is -0.461 e. The number of ketones is 1. The Labute approximate surface area is 186 Å². The number of methoxy groups -OCH3 is 1. The molecule has 1 heterocycles. The second kappa shape index (κ2) is 11.6. The lowest BCUT2D eigenvalue weighted by Crippen LogP contribution is -2.47. The molecule has 0 spiro atoms. The van der Waals surface area contributed by atoms with Crippen LogP contribution in [0.25, 0.3) is 10.9 Å². The Bertz CT molecular complexity index is 940. The van der Waals surface area contributed by atoms with Gasteiger partial charge in [0.05, 0.1) is 22.9 Å². The molecule has 0 bridgehead atoms. The van der Waals surface area contributed by atoms with Crippen LogP contribution in [-0.4, -0.2) is 54.2 Å². The van der Waals surface area contributed by atoms with Crippen LogP contribution in [0.2, 0.25) is 5.02 Å². The molecule has 1 aromatic heterocycles. The number of amides is 1. The summed E-state index contributed by atoms with van der Waals surface area (Å²) in [6.45, 7) is 3.44. The zero-order valence-electron chi connectivity index (χ0n) is 17.9. The summed E-state index contributed by atoms with van der Waals surface area (Å²) in [7, 11) is 1.43. The number of hydrogen-bond acceptors (Lipinski definition) is 6. The highest BCUT2D eigenvalue weighted by atomic mass is 35.5. The number of aromatic nitrogens is 1. The van der Waals surface area contributed by atoms with E-state index in [1.54, 1.807) is 26.1 Å². The minimum atomic E-state index is -0.913. The highest BCUT2D eigenvalue weighted by molar-refractivity contribution is 6.35. The summed E-state index contributed by atoms with van der Waals surface area (Å²) in [4.78, 5) is 39.8. The van der Waals surface area contributed by atoms with E-state index in [0.29, 0.717) is 11.4 Å². The van der Waals surface area contributed by atoms with Crippen LogP contribution in [0.1, 0.15) is 38.7 Å². The Balaban J connectivity index is 2.10. The summed E-state index contributed by atoms with van der Waals surface area (Å²) in [6.07, 6.45) is 2.30. The summed E-state index contributed by atoms with van der Waals surface area (Å²) in [5.74, 6) is -1.36. The van der Waals surface area contributed by atoms with Crippen LogP contribution in [-0.2, 0) is 30.3 Å². The van der Waals surface area contributed by atoms with Gasteiger partial charge in [-0.15, -0.1) is 0 Å². The molecule has 0 fully saturated rings. The number of H-pyrrole nitrogens is 1. The highest BCUT2D eigenvalue weighted by Crippen LogP contribution is 2.26. The molecule has 0 radical (unpaired) electrons. The largest absolute Gasteiger partial charge is 0.461 e. The Hall–Kier alpha value is -2.71. The van der Waals surface area contributed by atoms with E-state index in [4.69, 9.17) is 26.5 Å². The van der Waals surface area contributed by atoms with Crippen LogP contribution < -0.4 is 5.32 Å². The fraction of sp³-hybridized carbons (Fsp3) is 0.455. The first-order valence-electron chi connectivity index (χ1n) is 10.1. The SMILES string of the molecule is CO[C@@H](Cc1c[nH]c2c(Cl)cccc12)C(=O)N[C@@H](CCCC(=O)C=N)C(=O)OC(C)C. The van der Waals surface area contributed by atoms with E-state index in [9.17, 15) is 14.4 Å². The molecule has 9 heteroatoms. The predicted molar refractivity (Wildman–Crippen MR) is 119 cm³/mol. The summed E-state index contributed by atoms with van der Waals surface area (Å²) >= 11 is 6.20. The van der Waals surface area contributed by atoms with Crippen molar-refractivity contribution < 1.29 is 23.9 Å². The van der Waals surface area contributed by atoms with Gasteiger partial charge < -0.3 is 25.2 Å². The number of halogens is 1. The van der Waals surface area contributed by atoms with Crippen LogP contribution >= 0.6 is 11.6 Å². The van der Waals surface area contributed by atoms with Gasteiger partial charge in [0.25, 0.3) is 0 Å². The summed E-state index contributed by atoms with van der Waals surface area (Å²) in [5, 5.41) is 11.1. The fourth-order valence-corrected chi connectivity index (χ4v) is 3.44. The van der Waals surface area contributed by atoms with Gasteiger partial charge in [-0.2, -0.15) is 0 Å². The quantitative estimate of drug-likeness (QED) is 0.339. The van der Waals surface area contributed by atoms with Gasteiger partial charge in [0, 0.05) is 31.5 Å². The number of ether oxygens (including phenoxy) is 2. The van der Waals surface area contributed by atoms with Crippen molar-refractivity contribution in [2.45, 2.75) is 57.8 Å². The third kappa shape index (κ3) is 6.90. The average molecular weight is 450 g/mol. The lowest BCUT2D eigenvalue weighted by molar-refractivity contribution is -0.152. The molecule has 0 aliphatic rings. The van der Waals surface area contributed by atoms with Crippen LogP contribution in [0.15, 0.2) is 24.4 Å². The lowest BCUT2D eigenvalue weighted by atomic mass is 10.0. The first-order valence-corrected chi connectivity index (χ1v) is 10.5. The number of carbonyl (C=O) groups is 3. The molecule has 8 nitrogen and oxygen atoms in total. The zero-order chi connectivity index (χ0) is 23.0. The van der Waals surface area contributed by atoms with Crippen molar-refractivity contribution in [3.63, 3.8) is 0 Å². The van der Waals surface area contributed by atoms with Crippen molar-refractivity contribution >= 4 is 46.4 Å². The molecule has 0 saturated carbocycles. The number of rotatable bonds is 12. The van der Waals surface area contributed by atoms with Gasteiger partial charge >= 0.3 is 5.97 Å². The van der Waals surface area contributed by atoms with E-state index < -0.39 is 24.0 Å². The molecule has 168 valence electrons. The van der Waals surface area contributed by atoms with Crippen LogP contribution in [0.4, 0.5) is 0 Å². The predicted octanol–water partition coefficient (Wildman–Crippen LogP) is 3.20. The van der Waals surface area contributed by atoms with Crippen molar-refractivity contribution in [2.75, 3.05) is 7.11 Å². The molecule has 31 heavy (non-hydrogen) atoms. The van der Waals surface area contributed by atoms with Gasteiger partial charge in [-0.05, 0) is 38.3 Å². The molecule has 0 aliphatic heterocycles. The number of benzene rings is 1. The Morgan fingerprint density at radius 1 is 1.29 bits per heavy atom. The van der Waals surface area contributed by atoms with Crippen molar-refractivity contribution in [1.29, 1.82) is 5.41 Å². The zero-order valence-corrected chi connectivity index (χ0v) is 18.6. The topological polar surface area (TPSA) is 121 Å². The van der Waals surface area contributed by atoms with Crippen molar-refractivity contribution in [3.8, 4) is 0 Å². The fourth-order valence-electron chi connectivity index (χ4n) is 3.21. The molecule has 2 atom stereocenters. The maximum Gasteiger partial charge on any atom is 0.328 e. The number of hydrogen-bond donors (Lipinski definition) is 3. The molecule has 2 rings (SSSR count). The molecule has 0 unspecified atom stereocenters. The third-order valence-electron chi connectivity index (χ3n) is 4.76. The van der Waals surface area contributed by atoms with Gasteiger partial charge in [0.2, 0.25) is 5.91 Å². The summed E-state index contributed by atoms with van der Waals surface area (Å²) in [6, 6.07) is 4.60. The first-order chi connectivity index (χ1) is 14.8. The summed E-state index contributed by atoms with van der Waals surface area (Å²) in [5.41, 5.74) is 1.64. The van der Waals surface area contributed by atoms with Gasteiger partial charge in [-0.3, -0.25) is 9.59 Å². The number of carbonyl (C=O) groups excluding carboxylic acids is 3. The van der Waals surface area contributed by atoms with E-state index in [1.165, 1.54) is 7.11 Å². The molecule has 1 aromatic carbocycles. The third-order valence-corrected chi connectivity index (χ3v) is 5.08. The monoisotopic (exact) mass is 449 g/mol. The number of fused-ring (bicyclic) bond motifs is 1. The lowest BCUT2D eigenvalue weighted by Gasteiger charge is -2.22. The molecule has 1 amide bonds.